The third-order valence-electron chi connectivity index (χ3n) is 4.49. The second-order valence-electron chi connectivity index (χ2n) is 6.41. The molecule has 0 bridgehead atoms. The third kappa shape index (κ3) is 3.69. The number of nitrogens with zero attached hydrogens (tertiary/aromatic N) is 3. The monoisotopic (exact) mass is 411 g/mol. The lowest BCUT2D eigenvalue weighted by Gasteiger charge is -2.06. The molecule has 30 heavy (non-hydrogen) atoms. The quantitative estimate of drug-likeness (QED) is 0.503. The van der Waals surface area contributed by atoms with Crippen molar-refractivity contribution in [3.63, 3.8) is 0 Å². The number of nitrogen functional groups attached to an aromatic ring is 1. The van der Waals surface area contributed by atoms with Gasteiger partial charge in [-0.05, 0) is 30.3 Å². The maximum absolute atomic E-state index is 12.9. The van der Waals surface area contributed by atoms with Gasteiger partial charge in [0.15, 0.2) is 11.6 Å². The summed E-state index contributed by atoms with van der Waals surface area (Å²) in [6, 6.07) is 11.9. The van der Waals surface area contributed by atoms with Crippen LogP contribution in [0, 0.1) is 0 Å². The molecule has 0 fully saturated rings. The number of halogens is 3. The summed E-state index contributed by atoms with van der Waals surface area (Å²) in [5.41, 5.74) is 7.94. The lowest BCUT2D eigenvalue weighted by Crippen LogP contribution is -2.04. The topological polar surface area (TPSA) is 89.7 Å². The Labute approximate surface area is 169 Å². The van der Waals surface area contributed by atoms with Crippen molar-refractivity contribution in [3.8, 4) is 39.8 Å². The van der Waals surface area contributed by atoms with Gasteiger partial charge in [0.05, 0.1) is 24.1 Å². The molecule has 0 saturated carbocycles. The lowest BCUT2D eigenvalue weighted by molar-refractivity contribution is -0.137. The minimum atomic E-state index is -4.40. The molecular weight excluding hydrogens is 395 g/mol. The smallest absolute Gasteiger partial charge is 0.416 e. The SMILES string of the molecule is COc1cc(-c2nc(-c3ccc(C(F)(F)F)cc3)[nH]c2-c2ccccn2)cnc1N. The van der Waals surface area contributed by atoms with Gasteiger partial charge in [-0.1, -0.05) is 18.2 Å². The number of hydrogen-bond acceptors (Lipinski definition) is 5. The van der Waals surface area contributed by atoms with Crippen LogP contribution in [0.1, 0.15) is 5.56 Å². The largest absolute Gasteiger partial charge is 0.493 e. The highest BCUT2D eigenvalue weighted by atomic mass is 19.4. The van der Waals surface area contributed by atoms with Crippen molar-refractivity contribution in [3.05, 3.63) is 66.5 Å². The predicted octanol–water partition coefficient (Wildman–Crippen LogP) is 4.81. The number of hydrogen-bond donors (Lipinski definition) is 2. The van der Waals surface area contributed by atoms with E-state index in [9.17, 15) is 13.2 Å². The van der Waals surface area contributed by atoms with Gasteiger partial charge in [0.2, 0.25) is 0 Å². The molecule has 0 aliphatic carbocycles. The molecule has 3 heterocycles. The maximum atomic E-state index is 12.9. The standard InChI is InChI=1S/C21H16F3N5O/c1-30-16-10-13(11-27-19(16)25)17-18(15-4-2-3-9-26-15)29-20(28-17)12-5-7-14(8-6-12)21(22,23)24/h2-11H,1H3,(H2,25,27)(H,28,29). The van der Waals surface area contributed by atoms with Crippen molar-refractivity contribution >= 4 is 5.82 Å². The number of pyridine rings is 2. The summed E-state index contributed by atoms with van der Waals surface area (Å²) in [5, 5.41) is 0. The number of aromatic nitrogens is 4. The van der Waals surface area contributed by atoms with E-state index in [0.717, 1.165) is 12.1 Å². The second-order valence-corrected chi connectivity index (χ2v) is 6.41. The van der Waals surface area contributed by atoms with Crippen LogP contribution in [0.15, 0.2) is 60.9 Å². The van der Waals surface area contributed by atoms with Gasteiger partial charge >= 0.3 is 6.18 Å². The van der Waals surface area contributed by atoms with Crippen molar-refractivity contribution in [2.75, 3.05) is 12.8 Å². The minimum absolute atomic E-state index is 0.235. The van der Waals surface area contributed by atoms with Crippen LogP contribution in [0.5, 0.6) is 5.75 Å². The predicted molar refractivity (Wildman–Crippen MR) is 106 cm³/mol. The molecule has 0 atom stereocenters. The van der Waals surface area contributed by atoms with Crippen molar-refractivity contribution < 1.29 is 17.9 Å². The van der Waals surface area contributed by atoms with Crippen molar-refractivity contribution in [2.45, 2.75) is 6.18 Å². The first-order chi connectivity index (χ1) is 14.4. The average Bonchev–Trinajstić information content (AvgIpc) is 3.20. The molecule has 3 N–H and O–H groups in total. The molecule has 0 unspecified atom stereocenters. The number of alkyl halides is 3. The van der Waals surface area contributed by atoms with Crippen LogP contribution in [0.2, 0.25) is 0 Å². The van der Waals surface area contributed by atoms with Crippen LogP contribution in [0.3, 0.4) is 0 Å². The van der Waals surface area contributed by atoms with Crippen LogP contribution in [-0.4, -0.2) is 27.0 Å². The number of nitrogens with two attached hydrogens (primary N) is 1. The van der Waals surface area contributed by atoms with Crippen LogP contribution in [-0.2, 0) is 6.18 Å². The van der Waals surface area contributed by atoms with Crippen molar-refractivity contribution in [1.29, 1.82) is 0 Å². The number of H-pyrrole nitrogens is 1. The summed E-state index contributed by atoms with van der Waals surface area (Å²) in [6.07, 6.45) is -1.21. The van der Waals surface area contributed by atoms with Crippen LogP contribution < -0.4 is 10.5 Å². The Balaban J connectivity index is 1.85. The molecule has 6 nitrogen and oxygen atoms in total. The highest BCUT2D eigenvalue weighted by Gasteiger charge is 2.30. The summed E-state index contributed by atoms with van der Waals surface area (Å²) in [5.74, 6) is 1.02. The summed E-state index contributed by atoms with van der Waals surface area (Å²) in [4.78, 5) is 16.3. The van der Waals surface area contributed by atoms with Gasteiger partial charge in [-0.25, -0.2) is 9.97 Å². The third-order valence-corrected chi connectivity index (χ3v) is 4.49. The fourth-order valence-corrected chi connectivity index (χ4v) is 2.98. The van der Waals surface area contributed by atoms with E-state index in [0.29, 0.717) is 39.8 Å². The molecule has 0 spiro atoms. The van der Waals surface area contributed by atoms with Gasteiger partial charge in [0.1, 0.15) is 11.5 Å². The highest BCUT2D eigenvalue weighted by molar-refractivity contribution is 5.80. The molecule has 0 amide bonds. The van der Waals surface area contributed by atoms with E-state index in [1.165, 1.54) is 19.2 Å². The minimum Gasteiger partial charge on any atom is -0.493 e. The first kappa shape index (κ1) is 19.4. The van der Waals surface area contributed by atoms with E-state index < -0.39 is 11.7 Å². The highest BCUT2D eigenvalue weighted by Crippen LogP contribution is 2.35. The first-order valence-corrected chi connectivity index (χ1v) is 8.85. The average molecular weight is 411 g/mol. The molecule has 0 saturated heterocycles. The van der Waals surface area contributed by atoms with Gasteiger partial charge < -0.3 is 15.5 Å². The van der Waals surface area contributed by atoms with Gasteiger partial charge in [-0.3, -0.25) is 4.98 Å². The summed E-state index contributed by atoms with van der Waals surface area (Å²) < 4.78 is 43.9. The summed E-state index contributed by atoms with van der Waals surface area (Å²) >= 11 is 0. The fraction of sp³-hybridized carbons (Fsp3) is 0.0952. The normalized spacial score (nSPS) is 11.5. The number of aromatic amines is 1. The van der Waals surface area contributed by atoms with E-state index in [1.54, 1.807) is 30.6 Å². The molecule has 0 aliphatic heterocycles. The van der Waals surface area contributed by atoms with Crippen LogP contribution >= 0.6 is 0 Å². The van der Waals surface area contributed by atoms with E-state index in [1.807, 2.05) is 6.07 Å². The van der Waals surface area contributed by atoms with E-state index >= 15 is 0 Å². The number of benzene rings is 1. The number of methoxy groups -OCH3 is 1. The zero-order valence-electron chi connectivity index (χ0n) is 15.7. The Kier molecular flexibility index (Phi) is 4.86. The lowest BCUT2D eigenvalue weighted by atomic mass is 10.1. The summed E-state index contributed by atoms with van der Waals surface area (Å²) in [6.45, 7) is 0. The molecule has 4 rings (SSSR count). The molecule has 9 heteroatoms. The number of ether oxygens (including phenoxy) is 1. The van der Waals surface area contributed by atoms with E-state index in [4.69, 9.17) is 10.5 Å². The first-order valence-electron chi connectivity index (χ1n) is 8.85. The fourth-order valence-electron chi connectivity index (χ4n) is 2.98. The van der Waals surface area contributed by atoms with Crippen LogP contribution in [0.4, 0.5) is 19.0 Å². The molecule has 0 aliphatic rings. The Morgan fingerprint density at radius 2 is 1.77 bits per heavy atom. The number of imidazole rings is 1. The molecular formula is C21H16F3N5O. The van der Waals surface area contributed by atoms with Gasteiger partial charge in [0.25, 0.3) is 0 Å². The zero-order chi connectivity index (χ0) is 21.3. The number of anilines is 1. The van der Waals surface area contributed by atoms with Gasteiger partial charge in [0, 0.05) is 23.5 Å². The maximum Gasteiger partial charge on any atom is 0.416 e. The van der Waals surface area contributed by atoms with Crippen molar-refractivity contribution in [2.24, 2.45) is 0 Å². The Bertz CT molecular complexity index is 1170. The Morgan fingerprint density at radius 1 is 1.00 bits per heavy atom. The Morgan fingerprint density at radius 3 is 2.40 bits per heavy atom. The molecule has 152 valence electrons. The molecule has 3 aromatic heterocycles. The number of nitrogens with one attached hydrogen (secondary N) is 1. The van der Waals surface area contributed by atoms with E-state index in [-0.39, 0.29) is 5.82 Å². The van der Waals surface area contributed by atoms with Gasteiger partial charge in [-0.15, -0.1) is 0 Å². The second kappa shape index (κ2) is 7.51. The van der Waals surface area contributed by atoms with Gasteiger partial charge in [-0.2, -0.15) is 13.2 Å². The zero-order valence-corrected chi connectivity index (χ0v) is 15.7. The van der Waals surface area contributed by atoms with E-state index in [2.05, 4.69) is 19.9 Å². The Hall–Kier alpha value is -3.88. The van der Waals surface area contributed by atoms with Crippen LogP contribution in [0.25, 0.3) is 34.0 Å². The van der Waals surface area contributed by atoms with Crippen molar-refractivity contribution in [1.82, 2.24) is 19.9 Å². The number of rotatable bonds is 4. The molecule has 4 aromatic rings. The molecule has 0 radical (unpaired) electrons. The summed E-state index contributed by atoms with van der Waals surface area (Å²) in [7, 11) is 1.48. The molecule has 1 aromatic carbocycles.